The fourth-order valence-electron chi connectivity index (χ4n) is 2.40. The van der Waals surface area contributed by atoms with Crippen molar-refractivity contribution < 1.29 is 14.4 Å². The van der Waals surface area contributed by atoms with Crippen molar-refractivity contribution in [2.75, 3.05) is 14.2 Å². The van der Waals surface area contributed by atoms with Crippen molar-refractivity contribution >= 4 is 29.2 Å². The molecule has 0 saturated heterocycles. The second-order valence-electron chi connectivity index (χ2n) is 5.33. The predicted molar refractivity (Wildman–Crippen MR) is 103 cm³/mol. The zero-order chi connectivity index (χ0) is 18.5. The van der Waals surface area contributed by atoms with Crippen LogP contribution in [0.25, 0.3) is 23.4 Å². The van der Waals surface area contributed by atoms with Crippen molar-refractivity contribution in [3.05, 3.63) is 68.5 Å². The SMILES string of the molecule is COc1ccc(-c2csc(/C=C/c3cccc([N+](=O)[O-])c3)n2)cc1OC. The van der Waals surface area contributed by atoms with Gasteiger partial charge in [0.1, 0.15) is 5.01 Å². The Hall–Kier alpha value is -3.19. The number of hydrogen-bond acceptors (Lipinski definition) is 6. The first-order valence-corrected chi connectivity index (χ1v) is 8.59. The number of ether oxygens (including phenoxy) is 2. The normalized spacial score (nSPS) is 10.8. The molecule has 0 bridgehead atoms. The van der Waals surface area contributed by atoms with Crippen molar-refractivity contribution in [1.82, 2.24) is 4.98 Å². The molecule has 0 spiro atoms. The van der Waals surface area contributed by atoms with Gasteiger partial charge in [0.2, 0.25) is 0 Å². The number of methoxy groups -OCH3 is 2. The summed E-state index contributed by atoms with van der Waals surface area (Å²) in [4.78, 5) is 15.0. The number of nitrogens with zero attached hydrogens (tertiary/aromatic N) is 2. The molecule has 2 aromatic carbocycles. The molecule has 0 aliphatic heterocycles. The Morgan fingerprint density at radius 3 is 2.62 bits per heavy atom. The molecular formula is C19H16N2O4S. The molecule has 132 valence electrons. The molecule has 3 rings (SSSR count). The van der Waals surface area contributed by atoms with Crippen LogP contribution in [0, 0.1) is 10.1 Å². The van der Waals surface area contributed by atoms with Crippen molar-refractivity contribution in [2.45, 2.75) is 0 Å². The van der Waals surface area contributed by atoms with Crippen LogP contribution in [0.15, 0.2) is 47.8 Å². The molecule has 0 atom stereocenters. The van der Waals surface area contributed by atoms with E-state index in [-0.39, 0.29) is 5.69 Å². The van der Waals surface area contributed by atoms with E-state index in [1.165, 1.54) is 23.5 Å². The summed E-state index contributed by atoms with van der Waals surface area (Å²) in [5.41, 5.74) is 2.57. The summed E-state index contributed by atoms with van der Waals surface area (Å²) in [7, 11) is 3.19. The van der Waals surface area contributed by atoms with Gasteiger partial charge in [0, 0.05) is 23.1 Å². The molecule has 0 aliphatic carbocycles. The standard InChI is InChI=1S/C19H16N2O4S/c1-24-17-8-7-14(11-18(17)25-2)16-12-26-19(20-16)9-6-13-4-3-5-15(10-13)21(22)23/h3-12H,1-2H3/b9-6+. The quantitative estimate of drug-likeness (QED) is 0.457. The minimum absolute atomic E-state index is 0.0669. The second-order valence-corrected chi connectivity index (χ2v) is 6.22. The average Bonchev–Trinajstić information content (AvgIpc) is 3.15. The van der Waals surface area contributed by atoms with Crippen LogP contribution in [0.2, 0.25) is 0 Å². The van der Waals surface area contributed by atoms with Crippen LogP contribution in [-0.2, 0) is 0 Å². The van der Waals surface area contributed by atoms with E-state index in [1.807, 2.05) is 41.8 Å². The molecule has 0 aliphatic rings. The first-order chi connectivity index (χ1) is 12.6. The molecule has 6 nitrogen and oxygen atoms in total. The minimum atomic E-state index is -0.407. The topological polar surface area (TPSA) is 74.5 Å². The van der Waals surface area contributed by atoms with E-state index < -0.39 is 4.92 Å². The van der Waals surface area contributed by atoms with Gasteiger partial charge in [0.05, 0.1) is 24.8 Å². The number of thiazole rings is 1. The van der Waals surface area contributed by atoms with Crippen LogP contribution in [-0.4, -0.2) is 24.1 Å². The highest BCUT2D eigenvalue weighted by Gasteiger charge is 2.09. The third-order valence-corrected chi connectivity index (χ3v) is 4.51. The third kappa shape index (κ3) is 3.89. The molecule has 0 fully saturated rings. The lowest BCUT2D eigenvalue weighted by Crippen LogP contribution is -1.90. The van der Waals surface area contributed by atoms with Crippen LogP contribution in [0.4, 0.5) is 5.69 Å². The van der Waals surface area contributed by atoms with Crippen LogP contribution in [0.5, 0.6) is 11.5 Å². The molecule has 1 heterocycles. The van der Waals surface area contributed by atoms with E-state index in [2.05, 4.69) is 4.98 Å². The molecule has 7 heteroatoms. The smallest absolute Gasteiger partial charge is 0.270 e. The van der Waals surface area contributed by atoms with E-state index in [0.29, 0.717) is 11.5 Å². The zero-order valence-electron chi connectivity index (χ0n) is 14.2. The van der Waals surface area contributed by atoms with E-state index >= 15 is 0 Å². The first-order valence-electron chi connectivity index (χ1n) is 7.71. The van der Waals surface area contributed by atoms with Gasteiger partial charge in [-0.3, -0.25) is 10.1 Å². The molecule has 1 aromatic heterocycles. The Labute approximate surface area is 154 Å². The molecule has 0 saturated carbocycles. The summed E-state index contributed by atoms with van der Waals surface area (Å²) >= 11 is 1.49. The molecule has 0 N–H and O–H groups in total. The molecule has 0 amide bonds. The number of benzene rings is 2. The summed E-state index contributed by atoms with van der Waals surface area (Å²) < 4.78 is 10.6. The highest BCUT2D eigenvalue weighted by molar-refractivity contribution is 7.10. The Morgan fingerprint density at radius 2 is 1.88 bits per heavy atom. The van der Waals surface area contributed by atoms with Gasteiger partial charge in [-0.25, -0.2) is 4.98 Å². The van der Waals surface area contributed by atoms with Gasteiger partial charge >= 0.3 is 0 Å². The maximum Gasteiger partial charge on any atom is 0.270 e. The lowest BCUT2D eigenvalue weighted by Gasteiger charge is -2.08. The fraction of sp³-hybridized carbons (Fsp3) is 0.105. The Balaban J connectivity index is 1.82. The fourth-order valence-corrected chi connectivity index (χ4v) is 3.12. The highest BCUT2D eigenvalue weighted by atomic mass is 32.1. The van der Waals surface area contributed by atoms with Gasteiger partial charge in [-0.1, -0.05) is 18.2 Å². The number of nitro groups is 1. The summed E-state index contributed by atoms with van der Waals surface area (Å²) in [6.45, 7) is 0. The van der Waals surface area contributed by atoms with Gasteiger partial charge < -0.3 is 9.47 Å². The number of hydrogen-bond donors (Lipinski definition) is 0. The van der Waals surface area contributed by atoms with Gasteiger partial charge in [-0.05, 0) is 29.8 Å². The third-order valence-electron chi connectivity index (χ3n) is 3.70. The Kier molecular flexibility index (Phi) is 5.28. The van der Waals surface area contributed by atoms with Crippen LogP contribution >= 0.6 is 11.3 Å². The summed E-state index contributed by atoms with van der Waals surface area (Å²) in [6, 6.07) is 12.1. The second kappa shape index (κ2) is 7.79. The molecule has 0 unspecified atom stereocenters. The lowest BCUT2D eigenvalue weighted by molar-refractivity contribution is -0.384. The largest absolute Gasteiger partial charge is 0.493 e. The Morgan fingerprint density at radius 1 is 1.08 bits per heavy atom. The van der Waals surface area contributed by atoms with Crippen molar-refractivity contribution in [1.29, 1.82) is 0 Å². The zero-order valence-corrected chi connectivity index (χ0v) is 15.0. The van der Waals surface area contributed by atoms with Crippen molar-refractivity contribution in [3.8, 4) is 22.8 Å². The summed E-state index contributed by atoms with van der Waals surface area (Å²) in [5, 5.41) is 13.6. The predicted octanol–water partition coefficient (Wildman–Crippen LogP) is 4.91. The van der Waals surface area contributed by atoms with Gasteiger partial charge in [0.15, 0.2) is 11.5 Å². The first kappa shape index (κ1) is 17.6. The molecular weight excluding hydrogens is 352 g/mol. The maximum absolute atomic E-state index is 10.8. The van der Waals surface area contributed by atoms with E-state index in [4.69, 9.17) is 9.47 Å². The van der Waals surface area contributed by atoms with E-state index in [1.54, 1.807) is 20.3 Å². The monoisotopic (exact) mass is 368 g/mol. The average molecular weight is 368 g/mol. The summed E-state index contributed by atoms with van der Waals surface area (Å²) in [6.07, 6.45) is 3.65. The number of rotatable bonds is 6. The van der Waals surface area contributed by atoms with E-state index in [9.17, 15) is 10.1 Å². The highest BCUT2D eigenvalue weighted by Crippen LogP contribution is 2.33. The lowest BCUT2D eigenvalue weighted by atomic mass is 10.1. The molecule has 3 aromatic rings. The van der Waals surface area contributed by atoms with Gasteiger partial charge in [-0.15, -0.1) is 11.3 Å². The molecule has 26 heavy (non-hydrogen) atoms. The van der Waals surface area contributed by atoms with Crippen molar-refractivity contribution in [3.63, 3.8) is 0 Å². The maximum atomic E-state index is 10.8. The van der Waals surface area contributed by atoms with Gasteiger partial charge in [-0.2, -0.15) is 0 Å². The number of nitro benzene ring substituents is 1. The van der Waals surface area contributed by atoms with Gasteiger partial charge in [0.25, 0.3) is 5.69 Å². The van der Waals surface area contributed by atoms with Crippen molar-refractivity contribution in [2.24, 2.45) is 0 Å². The number of aromatic nitrogens is 1. The van der Waals surface area contributed by atoms with Crippen LogP contribution < -0.4 is 9.47 Å². The Bertz CT molecular complexity index is 966. The number of non-ortho nitro benzene ring substituents is 1. The molecule has 0 radical (unpaired) electrons. The van der Waals surface area contributed by atoms with Crippen LogP contribution in [0.3, 0.4) is 0 Å². The summed E-state index contributed by atoms with van der Waals surface area (Å²) in [5.74, 6) is 1.31. The van der Waals surface area contributed by atoms with Crippen LogP contribution in [0.1, 0.15) is 10.6 Å². The minimum Gasteiger partial charge on any atom is -0.493 e. The van der Waals surface area contributed by atoms with E-state index in [0.717, 1.165) is 21.8 Å².